The van der Waals surface area contributed by atoms with E-state index in [0.29, 0.717) is 5.69 Å². The third-order valence-electron chi connectivity index (χ3n) is 3.10. The summed E-state index contributed by atoms with van der Waals surface area (Å²) in [5.74, 6) is 0.729. The maximum absolute atomic E-state index is 5.94. The first-order valence-corrected chi connectivity index (χ1v) is 5.80. The van der Waals surface area contributed by atoms with E-state index in [1.165, 1.54) is 10.9 Å². The van der Waals surface area contributed by atoms with E-state index in [9.17, 15) is 0 Å². The fraction of sp³-hybridized carbons (Fsp3) is 0.143. The summed E-state index contributed by atoms with van der Waals surface area (Å²) in [5, 5.41) is 1.19. The van der Waals surface area contributed by atoms with Crippen LogP contribution >= 0.6 is 0 Å². The van der Waals surface area contributed by atoms with Crippen molar-refractivity contribution in [3.05, 3.63) is 42.5 Å². The SMILES string of the molecule is Cc1ncc(N)c(-c2ccc3c(ccn3C)c2)n1. The van der Waals surface area contributed by atoms with Crippen molar-refractivity contribution in [2.45, 2.75) is 6.92 Å². The summed E-state index contributed by atoms with van der Waals surface area (Å²) in [6.45, 7) is 1.87. The summed E-state index contributed by atoms with van der Waals surface area (Å²) in [6, 6.07) is 8.32. The molecule has 0 unspecified atom stereocenters. The molecule has 2 N–H and O–H groups in total. The topological polar surface area (TPSA) is 56.7 Å². The van der Waals surface area contributed by atoms with Gasteiger partial charge in [-0.3, -0.25) is 0 Å². The van der Waals surface area contributed by atoms with Crippen molar-refractivity contribution >= 4 is 16.6 Å². The molecule has 3 aromatic rings. The molecule has 0 aliphatic rings. The van der Waals surface area contributed by atoms with Crippen LogP contribution in [0.5, 0.6) is 0 Å². The van der Waals surface area contributed by atoms with Gasteiger partial charge in [-0.05, 0) is 25.1 Å². The van der Waals surface area contributed by atoms with Gasteiger partial charge in [-0.2, -0.15) is 0 Å². The van der Waals surface area contributed by atoms with E-state index >= 15 is 0 Å². The fourth-order valence-corrected chi connectivity index (χ4v) is 2.14. The molecule has 0 saturated heterocycles. The zero-order chi connectivity index (χ0) is 12.7. The summed E-state index contributed by atoms with van der Waals surface area (Å²) < 4.78 is 2.09. The molecule has 0 saturated carbocycles. The Morgan fingerprint density at radius 1 is 1.22 bits per heavy atom. The summed E-state index contributed by atoms with van der Waals surface area (Å²) in [4.78, 5) is 8.50. The summed E-state index contributed by atoms with van der Waals surface area (Å²) >= 11 is 0. The van der Waals surface area contributed by atoms with Gasteiger partial charge in [0, 0.05) is 29.7 Å². The Morgan fingerprint density at radius 3 is 2.89 bits per heavy atom. The van der Waals surface area contributed by atoms with E-state index < -0.39 is 0 Å². The van der Waals surface area contributed by atoms with Crippen LogP contribution in [0.15, 0.2) is 36.7 Å². The van der Waals surface area contributed by atoms with Crippen molar-refractivity contribution in [2.24, 2.45) is 7.05 Å². The van der Waals surface area contributed by atoms with Gasteiger partial charge in [0.25, 0.3) is 0 Å². The zero-order valence-corrected chi connectivity index (χ0v) is 10.4. The molecule has 18 heavy (non-hydrogen) atoms. The van der Waals surface area contributed by atoms with Gasteiger partial charge in [0.15, 0.2) is 0 Å². The molecule has 0 radical (unpaired) electrons. The molecule has 0 aliphatic carbocycles. The standard InChI is InChI=1S/C14H14N4/c1-9-16-8-12(15)14(17-9)11-3-4-13-10(7-11)5-6-18(13)2/h3-8H,15H2,1-2H3. The fourth-order valence-electron chi connectivity index (χ4n) is 2.14. The van der Waals surface area contributed by atoms with E-state index in [-0.39, 0.29) is 0 Å². The Labute approximate surface area is 105 Å². The number of nitrogens with two attached hydrogens (primary N) is 1. The number of nitrogen functional groups attached to an aromatic ring is 1. The molecule has 1 aromatic carbocycles. The van der Waals surface area contributed by atoms with Crippen molar-refractivity contribution in [3.63, 3.8) is 0 Å². The lowest BCUT2D eigenvalue weighted by molar-refractivity contribution is 0.969. The lowest BCUT2D eigenvalue weighted by atomic mass is 10.1. The van der Waals surface area contributed by atoms with Gasteiger partial charge in [-0.25, -0.2) is 9.97 Å². The Morgan fingerprint density at radius 2 is 2.06 bits per heavy atom. The van der Waals surface area contributed by atoms with Crippen molar-refractivity contribution in [3.8, 4) is 11.3 Å². The van der Waals surface area contributed by atoms with Gasteiger partial charge in [0.2, 0.25) is 0 Å². The van der Waals surface area contributed by atoms with Gasteiger partial charge in [-0.1, -0.05) is 6.07 Å². The second-order valence-electron chi connectivity index (χ2n) is 4.42. The molecular formula is C14H14N4. The van der Waals surface area contributed by atoms with Gasteiger partial charge >= 0.3 is 0 Å². The van der Waals surface area contributed by atoms with E-state index in [2.05, 4.69) is 32.7 Å². The molecule has 2 heterocycles. The maximum atomic E-state index is 5.94. The van der Waals surface area contributed by atoms with Crippen molar-refractivity contribution in [1.29, 1.82) is 0 Å². The highest BCUT2D eigenvalue weighted by Crippen LogP contribution is 2.26. The van der Waals surface area contributed by atoms with Gasteiger partial charge in [-0.15, -0.1) is 0 Å². The van der Waals surface area contributed by atoms with Crippen LogP contribution in [0.2, 0.25) is 0 Å². The minimum absolute atomic E-state index is 0.607. The Bertz CT molecular complexity index is 728. The van der Waals surface area contributed by atoms with E-state index in [4.69, 9.17) is 5.73 Å². The first kappa shape index (κ1) is 10.8. The van der Waals surface area contributed by atoms with Crippen molar-refractivity contribution in [1.82, 2.24) is 14.5 Å². The van der Waals surface area contributed by atoms with Gasteiger partial charge in [0.1, 0.15) is 5.82 Å². The minimum Gasteiger partial charge on any atom is -0.396 e. The second kappa shape index (κ2) is 3.84. The first-order chi connectivity index (χ1) is 8.65. The number of rotatable bonds is 1. The third-order valence-corrected chi connectivity index (χ3v) is 3.10. The number of nitrogens with zero attached hydrogens (tertiary/aromatic N) is 3. The lowest BCUT2D eigenvalue weighted by Gasteiger charge is -2.06. The number of hydrogen-bond donors (Lipinski definition) is 1. The molecule has 0 atom stereocenters. The number of anilines is 1. The van der Waals surface area contributed by atoms with Crippen LogP contribution in [0.1, 0.15) is 5.82 Å². The summed E-state index contributed by atoms with van der Waals surface area (Å²) in [6.07, 6.45) is 3.70. The number of hydrogen-bond acceptors (Lipinski definition) is 3. The molecule has 0 amide bonds. The monoisotopic (exact) mass is 238 g/mol. The Kier molecular flexibility index (Phi) is 2.30. The quantitative estimate of drug-likeness (QED) is 0.708. The molecule has 0 bridgehead atoms. The smallest absolute Gasteiger partial charge is 0.126 e. The van der Waals surface area contributed by atoms with Crippen LogP contribution in [0.3, 0.4) is 0 Å². The lowest BCUT2D eigenvalue weighted by Crippen LogP contribution is -1.97. The molecule has 3 rings (SSSR count). The molecular weight excluding hydrogens is 224 g/mol. The largest absolute Gasteiger partial charge is 0.396 e. The highest BCUT2D eigenvalue weighted by Gasteiger charge is 2.07. The van der Waals surface area contributed by atoms with Crippen molar-refractivity contribution in [2.75, 3.05) is 5.73 Å². The highest BCUT2D eigenvalue weighted by atomic mass is 14.9. The number of aromatic nitrogens is 3. The predicted octanol–water partition coefficient (Wildman–Crippen LogP) is 2.53. The van der Waals surface area contributed by atoms with Crippen LogP contribution in [-0.2, 0) is 7.05 Å². The van der Waals surface area contributed by atoms with Crippen molar-refractivity contribution < 1.29 is 0 Å². The first-order valence-electron chi connectivity index (χ1n) is 5.80. The average molecular weight is 238 g/mol. The Hall–Kier alpha value is -2.36. The summed E-state index contributed by atoms with van der Waals surface area (Å²) in [7, 11) is 2.03. The molecule has 4 nitrogen and oxygen atoms in total. The molecule has 2 aromatic heterocycles. The van der Waals surface area contributed by atoms with E-state index in [0.717, 1.165) is 17.1 Å². The van der Waals surface area contributed by atoms with Crippen LogP contribution in [-0.4, -0.2) is 14.5 Å². The van der Waals surface area contributed by atoms with Crippen LogP contribution in [0.25, 0.3) is 22.2 Å². The number of aryl methyl sites for hydroxylation is 2. The highest BCUT2D eigenvalue weighted by molar-refractivity contribution is 5.86. The molecule has 4 heteroatoms. The Balaban J connectivity index is 2.22. The molecule has 0 spiro atoms. The average Bonchev–Trinajstić information content (AvgIpc) is 2.74. The third kappa shape index (κ3) is 1.62. The number of fused-ring (bicyclic) bond motifs is 1. The molecule has 0 aliphatic heterocycles. The summed E-state index contributed by atoms with van der Waals surface area (Å²) in [5.41, 5.74) is 9.57. The predicted molar refractivity (Wildman–Crippen MR) is 73.1 cm³/mol. The molecule has 90 valence electrons. The van der Waals surface area contributed by atoms with E-state index in [1.54, 1.807) is 6.20 Å². The van der Waals surface area contributed by atoms with E-state index in [1.807, 2.05) is 26.2 Å². The maximum Gasteiger partial charge on any atom is 0.126 e. The normalized spacial score (nSPS) is 11.0. The zero-order valence-electron chi connectivity index (χ0n) is 10.4. The van der Waals surface area contributed by atoms with Crippen LogP contribution in [0, 0.1) is 6.92 Å². The van der Waals surface area contributed by atoms with Gasteiger partial charge < -0.3 is 10.3 Å². The second-order valence-corrected chi connectivity index (χ2v) is 4.42. The van der Waals surface area contributed by atoms with Crippen LogP contribution in [0.4, 0.5) is 5.69 Å². The minimum atomic E-state index is 0.607. The van der Waals surface area contributed by atoms with Crippen LogP contribution < -0.4 is 5.73 Å². The van der Waals surface area contributed by atoms with Gasteiger partial charge in [0.05, 0.1) is 17.6 Å². The number of benzene rings is 1. The molecule has 0 fully saturated rings.